The normalized spacial score (nSPS) is 10.6. The fourth-order valence-electron chi connectivity index (χ4n) is 1.44. The van der Waals surface area contributed by atoms with Gasteiger partial charge in [0.2, 0.25) is 0 Å². The molecule has 0 bridgehead atoms. The molecule has 0 amide bonds. The zero-order chi connectivity index (χ0) is 12.8. The monoisotopic (exact) mass is 242 g/mol. The second kappa shape index (κ2) is 5.84. The Morgan fingerprint density at radius 1 is 1.06 bits per heavy atom. The van der Waals surface area contributed by atoms with Gasteiger partial charge in [-0.1, -0.05) is 18.2 Å². The highest BCUT2D eigenvalue weighted by Gasteiger charge is 1.97. The molecule has 0 aliphatic heterocycles. The summed E-state index contributed by atoms with van der Waals surface area (Å²) < 4.78 is 5.05. The number of para-hydroxylation sites is 1. The fraction of sp³-hybridized carbons (Fsp3) is 0.0714. The molecule has 4 heteroatoms. The molecule has 2 rings (SSSR count). The molecule has 0 saturated heterocycles. The van der Waals surface area contributed by atoms with E-state index in [1.54, 1.807) is 19.2 Å². The maximum absolute atomic E-state index is 9.74. The molecule has 0 atom stereocenters. The van der Waals surface area contributed by atoms with Crippen LogP contribution in [0.5, 0.6) is 5.75 Å². The number of ether oxygens (including phenoxy) is 1. The molecule has 92 valence electrons. The van der Waals surface area contributed by atoms with Crippen LogP contribution in [0.2, 0.25) is 0 Å². The molecule has 0 spiro atoms. The predicted octanol–water partition coefficient (Wildman–Crippen LogP) is 3.25. The maximum Gasteiger partial charge on any atom is 0.122 e. The Morgan fingerprint density at radius 2 is 1.72 bits per heavy atom. The van der Waals surface area contributed by atoms with E-state index in [-0.39, 0.29) is 0 Å². The van der Waals surface area contributed by atoms with Crippen LogP contribution < -0.4 is 9.80 Å². The van der Waals surface area contributed by atoms with E-state index in [0.29, 0.717) is 5.69 Å². The Bertz CT molecular complexity index is 509. The molecule has 0 heterocycles. The summed E-state index contributed by atoms with van der Waals surface area (Å²) in [7, 11) is 1.61. The lowest BCUT2D eigenvalue weighted by atomic mass is 10.3. The minimum atomic E-state index is 0.662. The Hall–Kier alpha value is -2.33. The van der Waals surface area contributed by atoms with Crippen LogP contribution >= 0.6 is 0 Å². The standard InChI is InChI=1S/C14H14N2O2/c1-18-14-9-7-12(8-10-14)15-11-16(17)13-5-3-2-4-6-13/h2-11,17H,1H3. The average Bonchev–Trinajstić information content (AvgIpc) is 2.46. The van der Waals surface area contributed by atoms with Gasteiger partial charge in [-0.15, -0.1) is 0 Å². The van der Waals surface area contributed by atoms with Crippen LogP contribution in [0.25, 0.3) is 0 Å². The summed E-state index contributed by atoms with van der Waals surface area (Å²) in [4.78, 5) is 4.15. The molecular formula is C14H14N2O2. The van der Waals surface area contributed by atoms with E-state index in [9.17, 15) is 5.21 Å². The molecule has 0 aliphatic rings. The smallest absolute Gasteiger partial charge is 0.122 e. The molecule has 2 aromatic carbocycles. The summed E-state index contributed by atoms with van der Waals surface area (Å²) in [6.45, 7) is 0. The second-order valence-electron chi connectivity index (χ2n) is 3.62. The Balaban J connectivity index is 2.06. The number of hydrogen-bond acceptors (Lipinski definition) is 3. The number of hydrogen-bond donors (Lipinski definition) is 1. The van der Waals surface area contributed by atoms with Crippen LogP contribution in [-0.4, -0.2) is 18.7 Å². The van der Waals surface area contributed by atoms with Gasteiger partial charge in [-0.2, -0.15) is 0 Å². The van der Waals surface area contributed by atoms with Gasteiger partial charge < -0.3 is 4.74 Å². The van der Waals surface area contributed by atoms with Crippen molar-refractivity contribution in [3.63, 3.8) is 0 Å². The average molecular weight is 242 g/mol. The van der Waals surface area contributed by atoms with Crippen molar-refractivity contribution in [1.82, 2.24) is 0 Å². The maximum atomic E-state index is 9.74. The summed E-state index contributed by atoms with van der Waals surface area (Å²) in [5.41, 5.74) is 1.40. The molecular weight excluding hydrogens is 228 g/mol. The van der Waals surface area contributed by atoms with Crippen LogP contribution in [0.4, 0.5) is 11.4 Å². The van der Waals surface area contributed by atoms with Crippen molar-refractivity contribution in [2.75, 3.05) is 12.2 Å². The Labute approximate surface area is 106 Å². The lowest BCUT2D eigenvalue weighted by molar-refractivity contribution is 0.317. The first-order valence-electron chi connectivity index (χ1n) is 5.51. The first-order chi connectivity index (χ1) is 8.79. The third kappa shape index (κ3) is 3.09. The molecule has 2 aromatic rings. The molecule has 1 N–H and O–H groups in total. The number of aliphatic imine (C=N–C) groups is 1. The highest BCUT2D eigenvalue weighted by Crippen LogP contribution is 2.17. The van der Waals surface area contributed by atoms with E-state index in [1.165, 1.54) is 6.34 Å². The minimum absolute atomic E-state index is 0.662. The van der Waals surface area contributed by atoms with Crippen molar-refractivity contribution in [3.8, 4) is 5.75 Å². The summed E-state index contributed by atoms with van der Waals surface area (Å²) in [6.07, 6.45) is 1.36. The van der Waals surface area contributed by atoms with Crippen LogP contribution in [0, 0.1) is 0 Å². The fourth-order valence-corrected chi connectivity index (χ4v) is 1.44. The van der Waals surface area contributed by atoms with Crippen LogP contribution in [0.1, 0.15) is 0 Å². The highest BCUT2D eigenvalue weighted by molar-refractivity contribution is 5.78. The van der Waals surface area contributed by atoms with E-state index < -0.39 is 0 Å². The van der Waals surface area contributed by atoms with Crippen LogP contribution in [0.3, 0.4) is 0 Å². The van der Waals surface area contributed by atoms with Gasteiger partial charge in [0.15, 0.2) is 0 Å². The number of anilines is 1. The van der Waals surface area contributed by atoms with Gasteiger partial charge in [-0.25, -0.2) is 10.1 Å². The SMILES string of the molecule is COc1ccc(N=CN(O)c2ccccc2)cc1. The molecule has 0 saturated carbocycles. The van der Waals surface area contributed by atoms with Crippen molar-refractivity contribution in [1.29, 1.82) is 0 Å². The van der Waals surface area contributed by atoms with Crippen molar-refractivity contribution in [2.24, 2.45) is 4.99 Å². The lowest BCUT2D eigenvalue weighted by Gasteiger charge is -2.09. The number of hydroxylamine groups is 1. The van der Waals surface area contributed by atoms with E-state index in [1.807, 2.05) is 42.5 Å². The third-order valence-electron chi connectivity index (χ3n) is 2.41. The van der Waals surface area contributed by atoms with Gasteiger partial charge in [0.05, 0.1) is 18.5 Å². The molecule has 18 heavy (non-hydrogen) atoms. The summed E-state index contributed by atoms with van der Waals surface area (Å²) in [5.74, 6) is 0.776. The van der Waals surface area contributed by atoms with E-state index in [0.717, 1.165) is 16.5 Å². The zero-order valence-electron chi connectivity index (χ0n) is 10.0. The van der Waals surface area contributed by atoms with Gasteiger partial charge in [-0.05, 0) is 36.4 Å². The molecule has 0 aliphatic carbocycles. The molecule has 0 radical (unpaired) electrons. The van der Waals surface area contributed by atoms with Gasteiger partial charge in [0.25, 0.3) is 0 Å². The van der Waals surface area contributed by atoms with Crippen molar-refractivity contribution < 1.29 is 9.94 Å². The van der Waals surface area contributed by atoms with Crippen molar-refractivity contribution in [2.45, 2.75) is 0 Å². The molecule has 4 nitrogen and oxygen atoms in total. The van der Waals surface area contributed by atoms with Crippen molar-refractivity contribution >= 4 is 17.7 Å². The van der Waals surface area contributed by atoms with E-state index in [2.05, 4.69) is 4.99 Å². The summed E-state index contributed by atoms with van der Waals surface area (Å²) in [5, 5.41) is 10.7. The quantitative estimate of drug-likeness (QED) is 0.508. The van der Waals surface area contributed by atoms with Gasteiger partial charge >= 0.3 is 0 Å². The first kappa shape index (κ1) is 12.1. The lowest BCUT2D eigenvalue weighted by Crippen LogP contribution is -2.14. The largest absolute Gasteiger partial charge is 0.497 e. The van der Waals surface area contributed by atoms with E-state index in [4.69, 9.17) is 4.74 Å². The summed E-state index contributed by atoms with van der Waals surface area (Å²) >= 11 is 0. The highest BCUT2D eigenvalue weighted by atomic mass is 16.5. The number of benzene rings is 2. The molecule has 0 unspecified atom stereocenters. The van der Waals surface area contributed by atoms with Gasteiger partial charge in [0.1, 0.15) is 12.1 Å². The van der Waals surface area contributed by atoms with Crippen LogP contribution in [0.15, 0.2) is 59.6 Å². The summed E-state index contributed by atoms with van der Waals surface area (Å²) in [6, 6.07) is 16.4. The number of rotatable bonds is 4. The molecule has 0 fully saturated rings. The van der Waals surface area contributed by atoms with Crippen molar-refractivity contribution in [3.05, 3.63) is 54.6 Å². The number of methoxy groups -OCH3 is 1. The number of nitrogens with zero attached hydrogens (tertiary/aromatic N) is 2. The predicted molar refractivity (Wildman–Crippen MR) is 71.9 cm³/mol. The second-order valence-corrected chi connectivity index (χ2v) is 3.62. The zero-order valence-corrected chi connectivity index (χ0v) is 10.0. The van der Waals surface area contributed by atoms with E-state index >= 15 is 0 Å². The topological polar surface area (TPSA) is 45.1 Å². The van der Waals surface area contributed by atoms with Gasteiger partial charge in [-0.3, -0.25) is 5.21 Å². The van der Waals surface area contributed by atoms with Gasteiger partial charge in [0, 0.05) is 0 Å². The Morgan fingerprint density at radius 3 is 2.33 bits per heavy atom. The molecule has 0 aromatic heterocycles. The minimum Gasteiger partial charge on any atom is -0.497 e. The third-order valence-corrected chi connectivity index (χ3v) is 2.41. The first-order valence-corrected chi connectivity index (χ1v) is 5.51. The van der Waals surface area contributed by atoms with Crippen LogP contribution in [-0.2, 0) is 0 Å². The Kier molecular flexibility index (Phi) is 3.94.